The Hall–Kier alpha value is -0.410. The average Bonchev–Trinajstić information content (AvgIpc) is 2.31. The lowest BCUT2D eigenvalue weighted by molar-refractivity contribution is 0.412. The van der Waals surface area contributed by atoms with Crippen molar-refractivity contribution in [3.63, 3.8) is 0 Å². The topological polar surface area (TPSA) is 38.9 Å². The largest absolute Gasteiger partial charge is 0.328 e. The van der Waals surface area contributed by atoms with Crippen molar-refractivity contribution in [3.05, 3.63) is 16.1 Å². The van der Waals surface area contributed by atoms with Crippen molar-refractivity contribution in [2.75, 3.05) is 0 Å². The first-order valence-electron chi connectivity index (χ1n) is 4.95. The lowest BCUT2D eigenvalue weighted by atomic mass is 9.83. The Morgan fingerprint density at radius 2 is 2.46 bits per heavy atom. The summed E-state index contributed by atoms with van der Waals surface area (Å²) in [5.41, 5.74) is 7.03. The van der Waals surface area contributed by atoms with Crippen LogP contribution < -0.4 is 5.73 Å². The highest BCUT2D eigenvalue weighted by atomic mass is 32.1. The van der Waals surface area contributed by atoms with Crippen molar-refractivity contribution in [1.29, 1.82) is 0 Å². The molecule has 3 heteroatoms. The van der Waals surface area contributed by atoms with E-state index in [4.69, 9.17) is 5.73 Å². The molecular formula is C10H16N2S. The van der Waals surface area contributed by atoms with Crippen LogP contribution in [-0.2, 0) is 6.42 Å². The molecule has 1 unspecified atom stereocenters. The van der Waals surface area contributed by atoms with Gasteiger partial charge in [0, 0.05) is 23.8 Å². The van der Waals surface area contributed by atoms with Crippen molar-refractivity contribution in [3.8, 4) is 0 Å². The number of hydrogen-bond acceptors (Lipinski definition) is 3. The smallest absolute Gasteiger partial charge is 0.0943 e. The maximum Gasteiger partial charge on any atom is 0.0943 e. The van der Waals surface area contributed by atoms with Gasteiger partial charge in [0.25, 0.3) is 0 Å². The molecule has 1 aromatic heterocycles. The van der Waals surface area contributed by atoms with Crippen molar-refractivity contribution in [1.82, 2.24) is 4.98 Å². The van der Waals surface area contributed by atoms with Crippen LogP contribution in [0.5, 0.6) is 0 Å². The van der Waals surface area contributed by atoms with Gasteiger partial charge >= 0.3 is 0 Å². The molecule has 1 aromatic rings. The van der Waals surface area contributed by atoms with Gasteiger partial charge in [-0.15, -0.1) is 11.3 Å². The summed E-state index contributed by atoms with van der Waals surface area (Å²) in [6.45, 7) is 2.03. The second-order valence-electron chi connectivity index (χ2n) is 3.98. The second kappa shape index (κ2) is 3.76. The highest BCUT2D eigenvalue weighted by Gasteiger charge is 2.21. The number of thiazole rings is 1. The van der Waals surface area contributed by atoms with Gasteiger partial charge in [-0.1, -0.05) is 6.42 Å². The van der Waals surface area contributed by atoms with Crippen LogP contribution >= 0.6 is 11.3 Å². The summed E-state index contributed by atoms with van der Waals surface area (Å²) >= 11 is 1.76. The first kappa shape index (κ1) is 9.16. The van der Waals surface area contributed by atoms with Crippen LogP contribution in [0, 0.1) is 0 Å². The number of aromatic nitrogens is 1. The summed E-state index contributed by atoms with van der Waals surface area (Å²) in [4.78, 5) is 4.61. The van der Waals surface area contributed by atoms with Crippen molar-refractivity contribution in [2.24, 2.45) is 5.73 Å². The highest BCUT2D eigenvalue weighted by Crippen LogP contribution is 2.36. The number of rotatable bonds is 3. The summed E-state index contributed by atoms with van der Waals surface area (Å²) in [6, 6.07) is 0.236. The van der Waals surface area contributed by atoms with E-state index in [9.17, 15) is 0 Å². The first-order valence-corrected chi connectivity index (χ1v) is 5.83. The normalized spacial score (nSPS) is 19.8. The zero-order valence-electron chi connectivity index (χ0n) is 7.99. The maximum atomic E-state index is 5.72. The third-order valence-corrected chi connectivity index (χ3v) is 3.48. The standard InChI is InChI=1S/C10H16N2S/c1-7(11)5-10-12-9(6-13-10)8-3-2-4-8/h6-8H,2-5,11H2,1H3. The van der Waals surface area contributed by atoms with E-state index >= 15 is 0 Å². The van der Waals surface area contributed by atoms with Gasteiger partial charge in [0.2, 0.25) is 0 Å². The van der Waals surface area contributed by atoms with Gasteiger partial charge in [-0.25, -0.2) is 4.98 Å². The summed E-state index contributed by atoms with van der Waals surface area (Å²) in [5.74, 6) is 0.762. The van der Waals surface area contributed by atoms with Crippen molar-refractivity contribution >= 4 is 11.3 Å². The lowest BCUT2D eigenvalue weighted by Gasteiger charge is -2.23. The summed E-state index contributed by atoms with van der Waals surface area (Å²) in [7, 11) is 0. The van der Waals surface area contributed by atoms with Gasteiger partial charge in [0.05, 0.1) is 10.7 Å². The zero-order chi connectivity index (χ0) is 9.26. The van der Waals surface area contributed by atoms with Crippen LogP contribution in [0.25, 0.3) is 0 Å². The fourth-order valence-corrected chi connectivity index (χ4v) is 2.60. The average molecular weight is 196 g/mol. The van der Waals surface area contributed by atoms with Gasteiger partial charge in [-0.05, 0) is 19.8 Å². The Morgan fingerprint density at radius 1 is 1.69 bits per heavy atom. The third kappa shape index (κ3) is 2.09. The molecule has 0 amide bonds. The third-order valence-electron chi connectivity index (χ3n) is 2.59. The quantitative estimate of drug-likeness (QED) is 0.805. The Bertz CT molecular complexity index is 276. The van der Waals surface area contributed by atoms with E-state index in [1.807, 2.05) is 6.92 Å². The molecule has 2 nitrogen and oxygen atoms in total. The Balaban J connectivity index is 2.00. The molecule has 72 valence electrons. The molecule has 2 rings (SSSR count). The molecule has 0 aliphatic heterocycles. The number of nitrogens with two attached hydrogens (primary N) is 1. The van der Waals surface area contributed by atoms with E-state index in [1.165, 1.54) is 30.0 Å². The minimum Gasteiger partial charge on any atom is -0.328 e. The fourth-order valence-electron chi connectivity index (χ4n) is 1.59. The molecule has 1 fully saturated rings. The van der Waals surface area contributed by atoms with Crippen LogP contribution in [0.4, 0.5) is 0 Å². The molecule has 1 aliphatic carbocycles. The van der Waals surface area contributed by atoms with E-state index in [-0.39, 0.29) is 6.04 Å². The number of hydrogen-bond donors (Lipinski definition) is 1. The second-order valence-corrected chi connectivity index (χ2v) is 4.92. The van der Waals surface area contributed by atoms with Crippen molar-refractivity contribution in [2.45, 2.75) is 44.6 Å². The monoisotopic (exact) mass is 196 g/mol. The van der Waals surface area contributed by atoms with E-state index in [0.29, 0.717) is 0 Å². The van der Waals surface area contributed by atoms with Gasteiger partial charge in [0.15, 0.2) is 0 Å². The molecule has 0 aromatic carbocycles. The van der Waals surface area contributed by atoms with Gasteiger partial charge in [-0.3, -0.25) is 0 Å². The van der Waals surface area contributed by atoms with Gasteiger partial charge in [-0.2, -0.15) is 0 Å². The Labute approximate surface area is 83.2 Å². The molecular weight excluding hydrogens is 180 g/mol. The van der Waals surface area contributed by atoms with E-state index in [0.717, 1.165) is 12.3 Å². The minimum atomic E-state index is 0.236. The van der Waals surface area contributed by atoms with Gasteiger partial charge < -0.3 is 5.73 Å². The molecule has 0 bridgehead atoms. The van der Waals surface area contributed by atoms with Crippen LogP contribution in [0.15, 0.2) is 5.38 Å². The molecule has 0 radical (unpaired) electrons. The molecule has 1 aliphatic rings. The van der Waals surface area contributed by atoms with Crippen LogP contribution in [-0.4, -0.2) is 11.0 Å². The SMILES string of the molecule is CC(N)Cc1nc(C2CCC2)cs1. The highest BCUT2D eigenvalue weighted by molar-refractivity contribution is 7.09. The molecule has 1 saturated carbocycles. The van der Waals surface area contributed by atoms with E-state index in [2.05, 4.69) is 10.4 Å². The van der Waals surface area contributed by atoms with E-state index in [1.54, 1.807) is 11.3 Å². The summed E-state index contributed by atoms with van der Waals surface area (Å²) in [5, 5.41) is 3.42. The van der Waals surface area contributed by atoms with E-state index < -0.39 is 0 Å². The summed E-state index contributed by atoms with van der Waals surface area (Å²) < 4.78 is 0. The molecule has 13 heavy (non-hydrogen) atoms. The molecule has 2 N–H and O–H groups in total. The predicted octanol–water partition coefficient (Wildman–Crippen LogP) is 2.30. The summed E-state index contributed by atoms with van der Waals surface area (Å²) in [6.07, 6.45) is 4.98. The molecule has 0 saturated heterocycles. The van der Waals surface area contributed by atoms with Gasteiger partial charge in [0.1, 0.15) is 0 Å². The number of nitrogens with zero attached hydrogens (tertiary/aromatic N) is 1. The zero-order valence-corrected chi connectivity index (χ0v) is 8.81. The molecule has 0 spiro atoms. The Morgan fingerprint density at radius 3 is 3.00 bits per heavy atom. The predicted molar refractivity (Wildman–Crippen MR) is 56.1 cm³/mol. The molecule has 1 heterocycles. The minimum absolute atomic E-state index is 0.236. The van der Waals surface area contributed by atoms with Crippen LogP contribution in [0.2, 0.25) is 0 Å². The fraction of sp³-hybridized carbons (Fsp3) is 0.700. The molecule has 1 atom stereocenters. The Kier molecular flexibility index (Phi) is 2.65. The van der Waals surface area contributed by atoms with Crippen molar-refractivity contribution < 1.29 is 0 Å². The lowest BCUT2D eigenvalue weighted by Crippen LogP contribution is -2.17. The van der Waals surface area contributed by atoms with Crippen LogP contribution in [0.3, 0.4) is 0 Å². The maximum absolute atomic E-state index is 5.72. The van der Waals surface area contributed by atoms with Crippen LogP contribution in [0.1, 0.15) is 42.8 Å². The first-order chi connectivity index (χ1) is 6.25.